The third-order valence-electron chi connectivity index (χ3n) is 8.42. The van der Waals surface area contributed by atoms with Gasteiger partial charge in [-0.1, -0.05) is 50.8 Å². The first-order valence-corrected chi connectivity index (χ1v) is 13.7. The lowest BCUT2D eigenvalue weighted by Crippen LogP contribution is -2.40. The smallest absolute Gasteiger partial charge is 0.275 e. The van der Waals surface area contributed by atoms with Crippen molar-refractivity contribution >= 4 is 27.7 Å². The number of piperidine rings is 1. The van der Waals surface area contributed by atoms with Crippen LogP contribution in [0.4, 0.5) is 0 Å². The van der Waals surface area contributed by atoms with Gasteiger partial charge in [-0.2, -0.15) is 0 Å². The number of aromatic nitrogens is 2. The highest BCUT2D eigenvalue weighted by molar-refractivity contribution is 6.17. The summed E-state index contributed by atoms with van der Waals surface area (Å²) in [6.45, 7) is 5.14. The Hall–Kier alpha value is -2.60. The van der Waals surface area contributed by atoms with E-state index in [4.69, 9.17) is 0 Å². The third kappa shape index (κ3) is 4.65. The van der Waals surface area contributed by atoms with E-state index in [0.29, 0.717) is 23.7 Å². The normalized spacial score (nSPS) is 20.0. The fraction of sp³-hybridized carbons (Fsp3) is 0.586. The first-order chi connectivity index (χ1) is 17.1. The molecular formula is C29H40N4O2. The molecule has 2 aliphatic rings. The summed E-state index contributed by atoms with van der Waals surface area (Å²) < 4.78 is 3.85. The van der Waals surface area contributed by atoms with Gasteiger partial charge in [-0.3, -0.25) is 9.59 Å². The largest absolute Gasteiger partial charge is 0.352 e. The van der Waals surface area contributed by atoms with Crippen molar-refractivity contribution in [2.24, 2.45) is 7.05 Å². The number of rotatable bonds is 7. The molecule has 0 spiro atoms. The molecule has 1 aromatic carbocycles. The van der Waals surface area contributed by atoms with Gasteiger partial charge in [0.05, 0.1) is 5.56 Å². The van der Waals surface area contributed by atoms with Crippen LogP contribution in [0.1, 0.15) is 87.5 Å². The molecule has 1 aliphatic carbocycles. The Labute approximate surface area is 208 Å². The number of nitrogens with one attached hydrogen (secondary N) is 1. The number of nitrogens with zero attached hydrogens (tertiary/aromatic N) is 3. The van der Waals surface area contributed by atoms with Gasteiger partial charge in [-0.25, -0.2) is 0 Å². The maximum Gasteiger partial charge on any atom is 0.275 e. The fourth-order valence-electron chi connectivity index (χ4n) is 6.50. The van der Waals surface area contributed by atoms with Crippen molar-refractivity contribution in [3.8, 4) is 0 Å². The molecule has 3 aromatic rings. The molecule has 0 radical (unpaired) electrons. The average molecular weight is 477 g/mol. The van der Waals surface area contributed by atoms with E-state index in [-0.39, 0.29) is 17.5 Å². The molecule has 1 aliphatic heterocycles. The summed E-state index contributed by atoms with van der Waals surface area (Å²) in [5.74, 6) is -0.0680. The monoisotopic (exact) mass is 476 g/mol. The maximum atomic E-state index is 13.7. The van der Waals surface area contributed by atoms with Crippen LogP contribution in [0.2, 0.25) is 0 Å². The van der Waals surface area contributed by atoms with Crippen molar-refractivity contribution in [2.75, 3.05) is 19.6 Å². The Morgan fingerprint density at radius 1 is 1.06 bits per heavy atom. The molecule has 2 aromatic heterocycles. The Bertz CT molecular complexity index is 1250. The Morgan fingerprint density at radius 2 is 1.83 bits per heavy atom. The van der Waals surface area contributed by atoms with Gasteiger partial charge < -0.3 is 19.4 Å². The highest BCUT2D eigenvalue weighted by Crippen LogP contribution is 2.32. The zero-order chi connectivity index (χ0) is 24.4. The molecule has 6 nitrogen and oxygen atoms in total. The number of carbonyl (C=O) groups is 1. The van der Waals surface area contributed by atoms with Crippen LogP contribution >= 0.6 is 0 Å². The van der Waals surface area contributed by atoms with Crippen LogP contribution in [0, 0.1) is 0 Å². The second-order valence-electron chi connectivity index (χ2n) is 10.6. The minimum absolute atomic E-state index is 0.0258. The van der Waals surface area contributed by atoms with Gasteiger partial charge in [0.15, 0.2) is 0 Å². The van der Waals surface area contributed by atoms with Crippen molar-refractivity contribution < 1.29 is 4.79 Å². The molecule has 0 bridgehead atoms. The zero-order valence-electron chi connectivity index (χ0n) is 21.4. The number of hydrogen-bond donors (Lipinski definition) is 1. The molecule has 2 fully saturated rings. The van der Waals surface area contributed by atoms with E-state index in [1.54, 1.807) is 0 Å². The zero-order valence-corrected chi connectivity index (χ0v) is 21.4. The average Bonchev–Trinajstić information content (AvgIpc) is 3.20. The number of carbonyl (C=O) groups excluding carboxylic acids is 1. The van der Waals surface area contributed by atoms with E-state index in [9.17, 15) is 9.59 Å². The van der Waals surface area contributed by atoms with E-state index in [2.05, 4.69) is 17.1 Å². The third-order valence-corrected chi connectivity index (χ3v) is 8.42. The van der Waals surface area contributed by atoms with Crippen LogP contribution in [0.15, 0.2) is 35.3 Å². The van der Waals surface area contributed by atoms with Crippen molar-refractivity contribution in [2.45, 2.75) is 83.2 Å². The van der Waals surface area contributed by atoms with Crippen molar-refractivity contribution in [1.82, 2.24) is 19.4 Å². The molecule has 35 heavy (non-hydrogen) atoms. The first-order valence-electron chi connectivity index (χ1n) is 13.7. The summed E-state index contributed by atoms with van der Waals surface area (Å²) in [6.07, 6.45) is 13.4. The highest BCUT2D eigenvalue weighted by atomic mass is 16.2. The SMILES string of the molecule is CCC1CCCCN1CCCNC(=O)c1cn(C2CCCCC2)c(=O)c2c1c1ccccc1n2C. The van der Waals surface area contributed by atoms with Crippen molar-refractivity contribution in [3.05, 3.63) is 46.4 Å². The summed E-state index contributed by atoms with van der Waals surface area (Å²) in [7, 11) is 1.95. The number of para-hydroxylation sites is 1. The van der Waals surface area contributed by atoms with Crippen molar-refractivity contribution in [1.29, 1.82) is 0 Å². The summed E-state index contributed by atoms with van der Waals surface area (Å²) >= 11 is 0. The minimum atomic E-state index is -0.0680. The number of benzene rings is 1. The Morgan fingerprint density at radius 3 is 2.63 bits per heavy atom. The van der Waals surface area contributed by atoms with E-state index < -0.39 is 0 Å². The van der Waals surface area contributed by atoms with Crippen LogP contribution in [-0.2, 0) is 7.05 Å². The predicted molar refractivity (Wildman–Crippen MR) is 143 cm³/mol. The summed E-state index contributed by atoms with van der Waals surface area (Å²) in [5, 5.41) is 4.96. The minimum Gasteiger partial charge on any atom is -0.352 e. The van der Waals surface area contributed by atoms with E-state index >= 15 is 0 Å². The second-order valence-corrected chi connectivity index (χ2v) is 10.6. The van der Waals surface area contributed by atoms with Crippen LogP contribution in [-0.4, -0.2) is 45.6 Å². The summed E-state index contributed by atoms with van der Waals surface area (Å²) in [6, 6.07) is 8.90. The van der Waals surface area contributed by atoms with Gasteiger partial charge in [0, 0.05) is 54.7 Å². The molecule has 1 saturated carbocycles. The molecule has 1 N–H and O–H groups in total. The highest BCUT2D eigenvalue weighted by Gasteiger charge is 2.25. The topological polar surface area (TPSA) is 59.3 Å². The first kappa shape index (κ1) is 24.1. The quantitative estimate of drug-likeness (QED) is 0.466. The molecule has 3 heterocycles. The van der Waals surface area contributed by atoms with E-state index in [1.807, 2.05) is 46.6 Å². The number of fused-ring (bicyclic) bond motifs is 3. The molecule has 1 amide bonds. The van der Waals surface area contributed by atoms with E-state index in [0.717, 1.165) is 54.9 Å². The van der Waals surface area contributed by atoms with Crippen LogP contribution in [0.5, 0.6) is 0 Å². The lowest BCUT2D eigenvalue weighted by Gasteiger charge is -2.35. The Kier molecular flexibility index (Phi) is 7.28. The molecule has 6 heteroatoms. The fourth-order valence-corrected chi connectivity index (χ4v) is 6.50. The van der Waals surface area contributed by atoms with Gasteiger partial charge in [0.2, 0.25) is 0 Å². The second kappa shape index (κ2) is 10.6. The predicted octanol–water partition coefficient (Wildman–Crippen LogP) is 5.38. The number of hydrogen-bond acceptors (Lipinski definition) is 3. The number of aryl methyl sites for hydroxylation is 1. The van der Waals surface area contributed by atoms with Gasteiger partial charge >= 0.3 is 0 Å². The standard InChI is InChI=1S/C29H40N4O2/c1-3-21-12-9-10-18-32(21)19-11-17-30-28(34)24-20-33(22-13-5-4-6-14-22)29(35)27-26(24)23-15-7-8-16-25(23)31(27)2/h7-8,15-16,20-22H,3-6,9-14,17-19H2,1-2H3,(H,30,34). The van der Waals surface area contributed by atoms with Crippen LogP contribution in [0.25, 0.3) is 21.8 Å². The molecular weight excluding hydrogens is 436 g/mol. The molecule has 188 valence electrons. The van der Waals surface area contributed by atoms with Crippen LogP contribution < -0.4 is 10.9 Å². The number of likely N-dealkylation sites (tertiary alicyclic amines) is 1. The number of amides is 1. The van der Waals surface area contributed by atoms with Gasteiger partial charge in [-0.05, 0) is 51.1 Å². The lowest BCUT2D eigenvalue weighted by molar-refractivity contribution is 0.0948. The van der Waals surface area contributed by atoms with Crippen molar-refractivity contribution in [3.63, 3.8) is 0 Å². The van der Waals surface area contributed by atoms with Gasteiger partial charge in [-0.15, -0.1) is 0 Å². The summed E-state index contributed by atoms with van der Waals surface area (Å²) in [5.41, 5.74) is 2.29. The van der Waals surface area contributed by atoms with Crippen LogP contribution in [0.3, 0.4) is 0 Å². The lowest BCUT2D eigenvalue weighted by atomic mass is 9.95. The summed E-state index contributed by atoms with van der Waals surface area (Å²) in [4.78, 5) is 29.9. The Balaban J connectivity index is 1.44. The molecule has 5 rings (SSSR count). The maximum absolute atomic E-state index is 13.7. The number of pyridine rings is 1. The van der Waals surface area contributed by atoms with Gasteiger partial charge in [0.25, 0.3) is 11.5 Å². The van der Waals surface area contributed by atoms with E-state index in [1.165, 1.54) is 38.6 Å². The molecule has 1 saturated heterocycles. The molecule has 1 atom stereocenters. The molecule has 1 unspecified atom stereocenters. The van der Waals surface area contributed by atoms with Gasteiger partial charge in [0.1, 0.15) is 5.52 Å².